The van der Waals surface area contributed by atoms with Crippen molar-refractivity contribution in [3.63, 3.8) is 0 Å². The molecule has 1 aliphatic rings. The van der Waals surface area contributed by atoms with Crippen LogP contribution in [0.1, 0.15) is 37.8 Å². The van der Waals surface area contributed by atoms with Gasteiger partial charge in [-0.25, -0.2) is 0 Å². The minimum atomic E-state index is -0.0603. The van der Waals surface area contributed by atoms with Crippen molar-refractivity contribution in [1.29, 1.82) is 0 Å². The zero-order valence-corrected chi connectivity index (χ0v) is 11.3. The molecule has 2 N–H and O–H groups in total. The van der Waals surface area contributed by atoms with Gasteiger partial charge in [0.2, 0.25) is 5.91 Å². The molecule has 1 saturated heterocycles. The van der Waals surface area contributed by atoms with E-state index < -0.39 is 0 Å². The molecular formula is C14H19ClN2O. The fourth-order valence-electron chi connectivity index (χ4n) is 2.29. The lowest BCUT2D eigenvalue weighted by molar-refractivity contribution is -0.124. The number of hydrogen-bond donors (Lipinski definition) is 2. The summed E-state index contributed by atoms with van der Waals surface area (Å²) >= 11 is 6.12. The number of benzene rings is 1. The van der Waals surface area contributed by atoms with E-state index in [-0.39, 0.29) is 18.0 Å². The summed E-state index contributed by atoms with van der Waals surface area (Å²) in [6.45, 7) is 2.89. The standard InChI is InChI=1S/C14H19ClN2O/c1-10(11-6-2-3-7-12(11)15)17-14(18)13-8-4-5-9-16-13/h2-3,6-7,10,13,16H,4-5,8-9H2,1H3,(H,17,18). The Kier molecular flexibility index (Phi) is 4.61. The number of halogens is 1. The predicted octanol–water partition coefficient (Wildman–Crippen LogP) is 2.66. The molecule has 1 amide bonds. The van der Waals surface area contributed by atoms with Crippen LogP contribution in [0.25, 0.3) is 0 Å². The summed E-state index contributed by atoms with van der Waals surface area (Å²) < 4.78 is 0. The van der Waals surface area contributed by atoms with E-state index in [2.05, 4.69) is 10.6 Å². The number of piperidine rings is 1. The van der Waals surface area contributed by atoms with Crippen LogP contribution >= 0.6 is 11.6 Å². The Bertz CT molecular complexity index is 416. The van der Waals surface area contributed by atoms with E-state index in [0.29, 0.717) is 5.02 Å². The van der Waals surface area contributed by atoms with Crippen LogP contribution in [0, 0.1) is 0 Å². The minimum absolute atomic E-state index is 0.0521. The average molecular weight is 267 g/mol. The highest BCUT2D eigenvalue weighted by Gasteiger charge is 2.22. The van der Waals surface area contributed by atoms with Crippen molar-refractivity contribution in [3.05, 3.63) is 34.9 Å². The van der Waals surface area contributed by atoms with E-state index in [1.807, 2.05) is 31.2 Å². The number of carbonyl (C=O) groups is 1. The summed E-state index contributed by atoms with van der Waals surface area (Å²) in [7, 11) is 0. The number of carbonyl (C=O) groups excluding carboxylic acids is 1. The lowest BCUT2D eigenvalue weighted by Gasteiger charge is -2.25. The minimum Gasteiger partial charge on any atom is -0.348 e. The maximum atomic E-state index is 12.1. The van der Waals surface area contributed by atoms with E-state index in [0.717, 1.165) is 31.4 Å². The molecule has 1 aromatic carbocycles. The molecule has 0 spiro atoms. The SMILES string of the molecule is CC(NC(=O)C1CCCCN1)c1ccccc1Cl. The molecule has 1 aromatic rings. The summed E-state index contributed by atoms with van der Waals surface area (Å²) in [6, 6.07) is 7.50. The van der Waals surface area contributed by atoms with Crippen LogP contribution in [0.3, 0.4) is 0 Å². The summed E-state index contributed by atoms with van der Waals surface area (Å²) in [6.07, 6.45) is 3.19. The van der Waals surface area contributed by atoms with Crippen molar-refractivity contribution in [2.24, 2.45) is 0 Å². The van der Waals surface area contributed by atoms with Gasteiger partial charge in [-0.2, -0.15) is 0 Å². The molecule has 3 nitrogen and oxygen atoms in total. The van der Waals surface area contributed by atoms with Crippen molar-refractivity contribution in [2.45, 2.75) is 38.3 Å². The lowest BCUT2D eigenvalue weighted by Crippen LogP contribution is -2.47. The summed E-state index contributed by atoms with van der Waals surface area (Å²) in [5.41, 5.74) is 0.961. The number of hydrogen-bond acceptors (Lipinski definition) is 2. The number of amides is 1. The molecule has 1 fully saturated rings. The van der Waals surface area contributed by atoms with Gasteiger partial charge in [0.25, 0.3) is 0 Å². The highest BCUT2D eigenvalue weighted by molar-refractivity contribution is 6.31. The zero-order valence-electron chi connectivity index (χ0n) is 10.6. The highest BCUT2D eigenvalue weighted by Crippen LogP contribution is 2.22. The maximum absolute atomic E-state index is 12.1. The van der Waals surface area contributed by atoms with Crippen LogP contribution in [0.4, 0.5) is 0 Å². The first-order chi connectivity index (χ1) is 8.68. The van der Waals surface area contributed by atoms with Crippen LogP contribution in [0.2, 0.25) is 5.02 Å². The Morgan fingerprint density at radius 1 is 1.44 bits per heavy atom. The number of rotatable bonds is 3. The second-order valence-corrected chi connectivity index (χ2v) is 5.16. The smallest absolute Gasteiger partial charge is 0.237 e. The third-order valence-electron chi connectivity index (χ3n) is 3.36. The molecule has 0 bridgehead atoms. The normalized spacial score (nSPS) is 21.3. The summed E-state index contributed by atoms with van der Waals surface area (Å²) in [5, 5.41) is 6.96. The Morgan fingerprint density at radius 3 is 2.89 bits per heavy atom. The summed E-state index contributed by atoms with van der Waals surface area (Å²) in [5.74, 6) is 0.0714. The largest absolute Gasteiger partial charge is 0.348 e. The highest BCUT2D eigenvalue weighted by atomic mass is 35.5. The van der Waals surface area contributed by atoms with Gasteiger partial charge >= 0.3 is 0 Å². The average Bonchev–Trinajstić information content (AvgIpc) is 2.40. The van der Waals surface area contributed by atoms with Gasteiger partial charge in [0, 0.05) is 5.02 Å². The zero-order chi connectivity index (χ0) is 13.0. The molecular weight excluding hydrogens is 248 g/mol. The van der Waals surface area contributed by atoms with Crippen molar-refractivity contribution in [3.8, 4) is 0 Å². The van der Waals surface area contributed by atoms with E-state index in [1.54, 1.807) is 0 Å². The van der Waals surface area contributed by atoms with Gasteiger partial charge in [-0.3, -0.25) is 4.79 Å². The fourth-order valence-corrected chi connectivity index (χ4v) is 2.59. The predicted molar refractivity (Wildman–Crippen MR) is 73.7 cm³/mol. The molecule has 0 aliphatic carbocycles. The molecule has 18 heavy (non-hydrogen) atoms. The Morgan fingerprint density at radius 2 is 2.22 bits per heavy atom. The van der Waals surface area contributed by atoms with Crippen LogP contribution < -0.4 is 10.6 Å². The number of nitrogens with one attached hydrogen (secondary N) is 2. The molecule has 4 heteroatoms. The third-order valence-corrected chi connectivity index (χ3v) is 3.70. The second kappa shape index (κ2) is 6.21. The van der Waals surface area contributed by atoms with Crippen molar-refractivity contribution in [2.75, 3.05) is 6.54 Å². The third kappa shape index (κ3) is 3.24. The Balaban J connectivity index is 1.96. The Labute approximate surface area is 113 Å². The van der Waals surface area contributed by atoms with Crippen molar-refractivity contribution in [1.82, 2.24) is 10.6 Å². The molecule has 1 aliphatic heterocycles. The van der Waals surface area contributed by atoms with Gasteiger partial charge in [-0.1, -0.05) is 36.2 Å². The monoisotopic (exact) mass is 266 g/mol. The van der Waals surface area contributed by atoms with E-state index >= 15 is 0 Å². The van der Waals surface area contributed by atoms with Crippen LogP contribution in [-0.4, -0.2) is 18.5 Å². The van der Waals surface area contributed by atoms with Gasteiger partial charge in [0.15, 0.2) is 0 Å². The topological polar surface area (TPSA) is 41.1 Å². The van der Waals surface area contributed by atoms with E-state index in [1.165, 1.54) is 0 Å². The van der Waals surface area contributed by atoms with Crippen LogP contribution in [0.5, 0.6) is 0 Å². The van der Waals surface area contributed by atoms with Gasteiger partial charge in [-0.05, 0) is 37.9 Å². The molecule has 0 radical (unpaired) electrons. The fraction of sp³-hybridized carbons (Fsp3) is 0.500. The Hall–Kier alpha value is -1.06. The molecule has 0 aromatic heterocycles. The van der Waals surface area contributed by atoms with Crippen LogP contribution in [0.15, 0.2) is 24.3 Å². The van der Waals surface area contributed by atoms with Gasteiger partial charge in [-0.15, -0.1) is 0 Å². The molecule has 98 valence electrons. The molecule has 1 heterocycles. The van der Waals surface area contributed by atoms with Crippen LogP contribution in [-0.2, 0) is 4.79 Å². The molecule has 0 saturated carbocycles. The lowest BCUT2D eigenvalue weighted by atomic mass is 10.0. The van der Waals surface area contributed by atoms with E-state index in [9.17, 15) is 4.79 Å². The molecule has 2 rings (SSSR count). The van der Waals surface area contributed by atoms with Crippen molar-refractivity contribution >= 4 is 17.5 Å². The maximum Gasteiger partial charge on any atom is 0.237 e. The van der Waals surface area contributed by atoms with Gasteiger partial charge in [0.1, 0.15) is 0 Å². The van der Waals surface area contributed by atoms with Gasteiger partial charge in [0.05, 0.1) is 12.1 Å². The first-order valence-corrected chi connectivity index (χ1v) is 6.84. The molecule has 2 atom stereocenters. The summed E-state index contributed by atoms with van der Waals surface area (Å²) in [4.78, 5) is 12.1. The molecule has 2 unspecified atom stereocenters. The van der Waals surface area contributed by atoms with Gasteiger partial charge < -0.3 is 10.6 Å². The first-order valence-electron chi connectivity index (χ1n) is 6.46. The quantitative estimate of drug-likeness (QED) is 0.883. The van der Waals surface area contributed by atoms with E-state index in [4.69, 9.17) is 11.6 Å². The first kappa shape index (κ1) is 13.4. The van der Waals surface area contributed by atoms with Crippen molar-refractivity contribution < 1.29 is 4.79 Å². The second-order valence-electron chi connectivity index (χ2n) is 4.75.